The molecule has 0 saturated carbocycles. The van der Waals surface area contributed by atoms with E-state index < -0.39 is 0 Å². The van der Waals surface area contributed by atoms with Gasteiger partial charge in [-0.15, -0.1) is 0 Å². The molecule has 2 heterocycles. The standard InChI is InChI=1S/C18H24N2O2S/c1-14-13-23-18(22)20(14)12-11-19-9-7-16(8-10-19)17(21)15-5-3-2-4-6-15/h2-6,13,16-17,21H,7-12H2,1H3. The Hall–Kier alpha value is -1.43. The number of hydrogen-bond acceptors (Lipinski definition) is 4. The lowest BCUT2D eigenvalue weighted by molar-refractivity contribution is 0.0579. The Morgan fingerprint density at radius 3 is 2.52 bits per heavy atom. The van der Waals surface area contributed by atoms with E-state index in [0.29, 0.717) is 5.92 Å². The Bertz CT molecular complexity index is 672. The van der Waals surface area contributed by atoms with Gasteiger partial charge in [0.1, 0.15) is 0 Å². The molecule has 0 amide bonds. The molecule has 1 aromatic carbocycles. The van der Waals surface area contributed by atoms with Crippen LogP contribution in [0, 0.1) is 12.8 Å². The van der Waals surface area contributed by atoms with Gasteiger partial charge in [0.25, 0.3) is 0 Å². The number of aliphatic hydroxyl groups is 1. The van der Waals surface area contributed by atoms with Crippen LogP contribution in [0.2, 0.25) is 0 Å². The average Bonchev–Trinajstić information content (AvgIpc) is 2.92. The van der Waals surface area contributed by atoms with E-state index in [1.807, 2.05) is 47.2 Å². The van der Waals surface area contributed by atoms with Crippen LogP contribution in [0.1, 0.15) is 30.2 Å². The van der Waals surface area contributed by atoms with E-state index in [4.69, 9.17) is 0 Å². The molecule has 0 aliphatic carbocycles. The normalized spacial score (nSPS) is 18.2. The van der Waals surface area contributed by atoms with Gasteiger partial charge in [0.2, 0.25) is 0 Å². The molecule has 2 aromatic rings. The molecule has 1 unspecified atom stereocenters. The molecule has 1 aliphatic heterocycles. The number of thiazole rings is 1. The first kappa shape index (κ1) is 16.4. The molecule has 1 fully saturated rings. The molecule has 5 heteroatoms. The molecular weight excluding hydrogens is 308 g/mol. The maximum absolute atomic E-state index is 11.7. The van der Waals surface area contributed by atoms with Crippen LogP contribution >= 0.6 is 11.3 Å². The highest BCUT2D eigenvalue weighted by atomic mass is 32.1. The van der Waals surface area contributed by atoms with Crippen LogP contribution in [0.3, 0.4) is 0 Å². The van der Waals surface area contributed by atoms with E-state index in [1.54, 1.807) is 0 Å². The van der Waals surface area contributed by atoms with E-state index in [0.717, 1.165) is 50.3 Å². The summed E-state index contributed by atoms with van der Waals surface area (Å²) in [5.41, 5.74) is 2.07. The van der Waals surface area contributed by atoms with Crippen molar-refractivity contribution < 1.29 is 5.11 Å². The number of hydrogen-bond donors (Lipinski definition) is 1. The predicted molar refractivity (Wildman–Crippen MR) is 93.9 cm³/mol. The highest BCUT2D eigenvalue weighted by Gasteiger charge is 2.26. The number of rotatable bonds is 5. The minimum absolute atomic E-state index is 0.136. The van der Waals surface area contributed by atoms with Crippen LogP contribution < -0.4 is 4.87 Å². The van der Waals surface area contributed by atoms with Crippen LogP contribution in [0.25, 0.3) is 0 Å². The molecule has 1 atom stereocenters. The molecule has 1 N–H and O–H groups in total. The molecular formula is C18H24N2O2S. The van der Waals surface area contributed by atoms with Gasteiger partial charge in [-0.05, 0) is 44.3 Å². The van der Waals surface area contributed by atoms with Crippen molar-refractivity contribution in [3.05, 3.63) is 56.6 Å². The molecule has 1 saturated heterocycles. The second-order valence-corrected chi connectivity index (χ2v) is 7.15. The third kappa shape index (κ3) is 3.91. The Balaban J connectivity index is 1.50. The molecule has 1 aromatic heterocycles. The number of aryl methyl sites for hydroxylation is 1. The fraction of sp³-hybridized carbons (Fsp3) is 0.500. The molecule has 0 spiro atoms. The topological polar surface area (TPSA) is 45.5 Å². The molecule has 1 aliphatic rings. The molecule has 23 heavy (non-hydrogen) atoms. The van der Waals surface area contributed by atoms with Gasteiger partial charge >= 0.3 is 4.87 Å². The Kier molecular flexibility index (Phi) is 5.30. The predicted octanol–water partition coefficient (Wildman–Crippen LogP) is 2.66. The maximum Gasteiger partial charge on any atom is 0.307 e. The lowest BCUT2D eigenvalue weighted by Crippen LogP contribution is -2.38. The monoisotopic (exact) mass is 332 g/mol. The first-order chi connectivity index (χ1) is 11.1. The summed E-state index contributed by atoms with van der Waals surface area (Å²) in [7, 11) is 0. The molecule has 0 bridgehead atoms. The van der Waals surface area contributed by atoms with E-state index in [1.165, 1.54) is 11.3 Å². The van der Waals surface area contributed by atoms with Crippen molar-refractivity contribution in [3.63, 3.8) is 0 Å². The number of nitrogens with zero attached hydrogens (tertiary/aromatic N) is 2. The zero-order chi connectivity index (χ0) is 16.2. The van der Waals surface area contributed by atoms with E-state index in [2.05, 4.69) is 4.90 Å². The second kappa shape index (κ2) is 7.43. The second-order valence-electron chi connectivity index (χ2n) is 6.33. The Morgan fingerprint density at radius 1 is 1.22 bits per heavy atom. The number of aliphatic hydroxyl groups excluding tert-OH is 1. The summed E-state index contributed by atoms with van der Waals surface area (Å²) in [4.78, 5) is 14.3. The highest BCUT2D eigenvalue weighted by molar-refractivity contribution is 7.07. The molecule has 124 valence electrons. The summed E-state index contributed by atoms with van der Waals surface area (Å²) in [5, 5.41) is 12.4. The van der Waals surface area contributed by atoms with Crippen molar-refractivity contribution in [2.75, 3.05) is 19.6 Å². The van der Waals surface area contributed by atoms with E-state index >= 15 is 0 Å². The zero-order valence-electron chi connectivity index (χ0n) is 13.5. The van der Waals surface area contributed by atoms with Gasteiger partial charge in [-0.1, -0.05) is 41.7 Å². The smallest absolute Gasteiger partial charge is 0.307 e. The third-order valence-electron chi connectivity index (χ3n) is 4.84. The van der Waals surface area contributed by atoms with Gasteiger partial charge in [-0.3, -0.25) is 4.79 Å². The molecule has 4 nitrogen and oxygen atoms in total. The van der Waals surface area contributed by atoms with Gasteiger partial charge in [0, 0.05) is 24.2 Å². The quantitative estimate of drug-likeness (QED) is 0.915. The van der Waals surface area contributed by atoms with E-state index in [-0.39, 0.29) is 11.0 Å². The van der Waals surface area contributed by atoms with Crippen LogP contribution in [-0.2, 0) is 6.54 Å². The summed E-state index contributed by atoms with van der Waals surface area (Å²) in [6.07, 6.45) is 1.65. The SMILES string of the molecule is Cc1csc(=O)n1CCN1CCC(C(O)c2ccccc2)CC1. The van der Waals surface area contributed by atoms with Crippen molar-refractivity contribution in [1.29, 1.82) is 0 Å². The first-order valence-electron chi connectivity index (χ1n) is 8.25. The summed E-state index contributed by atoms with van der Waals surface area (Å²) in [6.45, 7) is 5.64. The zero-order valence-corrected chi connectivity index (χ0v) is 14.3. The number of benzene rings is 1. The maximum atomic E-state index is 11.7. The van der Waals surface area contributed by atoms with Gasteiger partial charge in [-0.2, -0.15) is 0 Å². The minimum atomic E-state index is -0.361. The summed E-state index contributed by atoms with van der Waals surface area (Å²) in [5.74, 6) is 0.333. The van der Waals surface area contributed by atoms with Gasteiger partial charge in [0.05, 0.1) is 6.10 Å². The van der Waals surface area contributed by atoms with Crippen LogP contribution in [0.5, 0.6) is 0 Å². The largest absolute Gasteiger partial charge is 0.388 e. The Labute approximate surface area is 141 Å². The molecule has 3 rings (SSSR count). The summed E-state index contributed by atoms with van der Waals surface area (Å²) >= 11 is 1.28. The third-order valence-corrected chi connectivity index (χ3v) is 5.72. The van der Waals surface area contributed by atoms with Gasteiger partial charge in [-0.25, -0.2) is 0 Å². The van der Waals surface area contributed by atoms with Crippen molar-refractivity contribution in [1.82, 2.24) is 9.47 Å². The first-order valence-corrected chi connectivity index (χ1v) is 9.13. The minimum Gasteiger partial charge on any atom is -0.388 e. The van der Waals surface area contributed by atoms with Crippen molar-refractivity contribution in [2.24, 2.45) is 5.92 Å². The van der Waals surface area contributed by atoms with Crippen LogP contribution in [0.4, 0.5) is 0 Å². The number of piperidine rings is 1. The fourth-order valence-electron chi connectivity index (χ4n) is 3.33. The molecule has 0 radical (unpaired) electrons. The van der Waals surface area contributed by atoms with Crippen molar-refractivity contribution in [2.45, 2.75) is 32.4 Å². The average molecular weight is 332 g/mol. The van der Waals surface area contributed by atoms with Gasteiger partial charge < -0.3 is 14.6 Å². The van der Waals surface area contributed by atoms with Crippen molar-refractivity contribution >= 4 is 11.3 Å². The fourth-order valence-corrected chi connectivity index (χ4v) is 4.09. The van der Waals surface area contributed by atoms with Crippen molar-refractivity contribution in [3.8, 4) is 0 Å². The number of likely N-dealkylation sites (tertiary alicyclic amines) is 1. The van der Waals surface area contributed by atoms with Gasteiger partial charge in [0.15, 0.2) is 0 Å². The lowest BCUT2D eigenvalue weighted by Gasteiger charge is -2.34. The van der Waals surface area contributed by atoms with Crippen LogP contribution in [-0.4, -0.2) is 34.2 Å². The van der Waals surface area contributed by atoms with E-state index in [9.17, 15) is 9.90 Å². The summed E-state index contributed by atoms with van der Waals surface area (Å²) < 4.78 is 1.86. The lowest BCUT2D eigenvalue weighted by atomic mass is 9.87. The number of aromatic nitrogens is 1. The summed E-state index contributed by atoms with van der Waals surface area (Å²) in [6, 6.07) is 9.95. The van der Waals surface area contributed by atoms with Crippen LogP contribution in [0.15, 0.2) is 40.5 Å². The highest BCUT2D eigenvalue weighted by Crippen LogP contribution is 2.30. The Morgan fingerprint density at radius 2 is 1.91 bits per heavy atom.